The van der Waals surface area contributed by atoms with E-state index in [1.807, 2.05) is 20.5 Å². The van der Waals surface area contributed by atoms with Crippen LogP contribution in [0.4, 0.5) is 0 Å². The van der Waals surface area contributed by atoms with E-state index < -0.39 is 8.38 Å². The fraction of sp³-hybridized carbons (Fsp3) is 0.950. The van der Waals surface area contributed by atoms with Crippen molar-refractivity contribution in [1.29, 1.82) is 0 Å². The lowest BCUT2D eigenvalue weighted by atomic mass is 9.92. The van der Waals surface area contributed by atoms with E-state index >= 15 is 0 Å². The summed E-state index contributed by atoms with van der Waals surface area (Å²) < 4.78 is 34.4. The molecule has 0 radical (unpaired) electrons. The van der Waals surface area contributed by atoms with Gasteiger partial charge in [-0.15, -0.1) is 0 Å². The summed E-state index contributed by atoms with van der Waals surface area (Å²) in [6, 6.07) is 0. The van der Waals surface area contributed by atoms with Gasteiger partial charge in [-0.05, 0) is 33.1 Å². The Morgan fingerprint density at radius 1 is 0.786 bits per heavy atom. The van der Waals surface area contributed by atoms with E-state index in [9.17, 15) is 0 Å². The molecule has 0 aliphatic heterocycles. The lowest BCUT2D eigenvalue weighted by molar-refractivity contribution is -0.106. The lowest BCUT2D eigenvalue weighted by Gasteiger charge is -2.33. The van der Waals surface area contributed by atoms with Crippen LogP contribution in [0.3, 0.4) is 0 Å². The van der Waals surface area contributed by atoms with Crippen molar-refractivity contribution in [3.63, 3.8) is 0 Å². The highest BCUT2D eigenvalue weighted by atomic mass is 31.2. The highest BCUT2D eigenvalue weighted by molar-refractivity contribution is 7.46. The van der Waals surface area contributed by atoms with Crippen molar-refractivity contribution in [1.82, 2.24) is 0 Å². The molecule has 168 valence electrons. The molecule has 0 bridgehead atoms. The molecule has 0 fully saturated rings. The number of aliphatic imine (C=N–C) groups is 1. The van der Waals surface area contributed by atoms with Gasteiger partial charge >= 0.3 is 0 Å². The zero-order valence-corrected chi connectivity index (χ0v) is 19.5. The van der Waals surface area contributed by atoms with Gasteiger partial charge in [-0.1, -0.05) is 13.8 Å². The Balaban J connectivity index is 4.32. The van der Waals surface area contributed by atoms with E-state index in [-0.39, 0.29) is 5.41 Å². The summed E-state index contributed by atoms with van der Waals surface area (Å²) in [5.41, 5.74) is -0.279. The zero-order chi connectivity index (χ0) is 20.9. The third-order valence-corrected chi connectivity index (χ3v) is 4.63. The second-order valence-corrected chi connectivity index (χ2v) is 7.98. The second-order valence-electron chi connectivity index (χ2n) is 6.63. The molecule has 0 amide bonds. The second kappa shape index (κ2) is 20.0. The molecule has 0 aromatic rings. The SMILES string of the molecule is CCCOCC(COCC)(COCCC)COCCCOP(C)O/C=N/CC. The smallest absolute Gasteiger partial charge is 0.228 e. The molecular formula is C20H42NO6P. The van der Waals surface area contributed by atoms with Gasteiger partial charge in [0.25, 0.3) is 0 Å². The molecule has 0 aliphatic carbocycles. The van der Waals surface area contributed by atoms with Gasteiger partial charge in [0, 0.05) is 39.6 Å². The molecule has 28 heavy (non-hydrogen) atoms. The highest BCUT2D eigenvalue weighted by Crippen LogP contribution is 2.32. The van der Waals surface area contributed by atoms with Gasteiger partial charge < -0.3 is 28.0 Å². The van der Waals surface area contributed by atoms with Crippen molar-refractivity contribution in [2.24, 2.45) is 10.4 Å². The summed E-state index contributed by atoms with van der Waals surface area (Å²) >= 11 is 0. The van der Waals surface area contributed by atoms with E-state index in [2.05, 4.69) is 18.8 Å². The van der Waals surface area contributed by atoms with Crippen molar-refractivity contribution >= 4 is 14.8 Å². The summed E-state index contributed by atoms with van der Waals surface area (Å²) in [5.74, 6) is 0. The summed E-state index contributed by atoms with van der Waals surface area (Å²) in [5, 5.41) is 0. The van der Waals surface area contributed by atoms with Gasteiger partial charge in [0.1, 0.15) is 0 Å². The van der Waals surface area contributed by atoms with Crippen LogP contribution in [0, 0.1) is 5.41 Å². The van der Waals surface area contributed by atoms with Crippen molar-refractivity contribution in [2.45, 2.75) is 47.0 Å². The first-order valence-corrected chi connectivity index (χ1v) is 12.1. The molecule has 0 rings (SSSR count). The van der Waals surface area contributed by atoms with Gasteiger partial charge in [0.2, 0.25) is 8.38 Å². The summed E-state index contributed by atoms with van der Waals surface area (Å²) in [7, 11) is -0.929. The Labute approximate surface area is 173 Å². The molecule has 0 aromatic carbocycles. The van der Waals surface area contributed by atoms with Crippen molar-refractivity contribution in [3.05, 3.63) is 0 Å². The third kappa shape index (κ3) is 15.6. The van der Waals surface area contributed by atoms with Crippen molar-refractivity contribution in [2.75, 3.05) is 72.7 Å². The van der Waals surface area contributed by atoms with Gasteiger partial charge in [-0.25, -0.2) is 0 Å². The summed E-state index contributed by atoms with van der Waals surface area (Å²) in [6.45, 7) is 16.4. The van der Waals surface area contributed by atoms with E-state index in [0.717, 1.165) is 32.5 Å². The molecule has 8 heteroatoms. The maximum atomic E-state index is 5.96. The number of ether oxygens (including phenoxy) is 4. The van der Waals surface area contributed by atoms with E-state index in [0.29, 0.717) is 52.8 Å². The minimum Gasteiger partial charge on any atom is -0.437 e. The Morgan fingerprint density at radius 3 is 1.89 bits per heavy atom. The lowest BCUT2D eigenvalue weighted by Crippen LogP contribution is -2.42. The highest BCUT2D eigenvalue weighted by Gasteiger charge is 2.32. The molecule has 0 saturated carbocycles. The molecular weight excluding hydrogens is 381 g/mol. The predicted molar refractivity (Wildman–Crippen MR) is 115 cm³/mol. The topological polar surface area (TPSA) is 67.7 Å². The number of rotatable bonds is 21. The first kappa shape index (κ1) is 27.7. The Kier molecular flexibility index (Phi) is 19.8. The monoisotopic (exact) mass is 423 g/mol. The molecule has 0 heterocycles. The summed E-state index contributed by atoms with van der Waals surface area (Å²) in [6.07, 6.45) is 4.25. The minimum atomic E-state index is -0.929. The maximum Gasteiger partial charge on any atom is 0.228 e. The molecule has 0 spiro atoms. The van der Waals surface area contributed by atoms with Crippen LogP contribution < -0.4 is 0 Å². The molecule has 0 saturated heterocycles. The Hall–Kier alpha value is -0.300. The molecule has 7 nitrogen and oxygen atoms in total. The van der Waals surface area contributed by atoms with Gasteiger partial charge in [0.05, 0.1) is 38.4 Å². The third-order valence-electron chi connectivity index (χ3n) is 3.69. The largest absolute Gasteiger partial charge is 0.437 e. The quantitative estimate of drug-likeness (QED) is 0.119. The van der Waals surface area contributed by atoms with Gasteiger partial charge in [-0.3, -0.25) is 4.99 Å². The first-order chi connectivity index (χ1) is 13.6. The van der Waals surface area contributed by atoms with Crippen LogP contribution in [-0.4, -0.2) is 79.1 Å². The van der Waals surface area contributed by atoms with E-state index in [1.54, 1.807) is 0 Å². The predicted octanol–water partition coefficient (Wildman–Crippen LogP) is 4.29. The zero-order valence-electron chi connectivity index (χ0n) is 18.6. The Morgan fingerprint density at radius 2 is 1.36 bits per heavy atom. The van der Waals surface area contributed by atoms with E-state index in [1.165, 1.54) is 6.40 Å². The maximum absolute atomic E-state index is 5.96. The average molecular weight is 424 g/mol. The number of nitrogens with zero attached hydrogens (tertiary/aromatic N) is 1. The molecule has 1 atom stereocenters. The molecule has 0 aliphatic rings. The van der Waals surface area contributed by atoms with Crippen LogP contribution in [0.5, 0.6) is 0 Å². The van der Waals surface area contributed by atoms with E-state index in [4.69, 9.17) is 28.0 Å². The van der Waals surface area contributed by atoms with Gasteiger partial charge in [0.15, 0.2) is 6.40 Å². The average Bonchev–Trinajstić information content (AvgIpc) is 2.69. The molecule has 0 N–H and O–H groups in total. The van der Waals surface area contributed by atoms with Crippen LogP contribution in [0.2, 0.25) is 0 Å². The fourth-order valence-electron chi connectivity index (χ4n) is 2.28. The summed E-state index contributed by atoms with van der Waals surface area (Å²) in [4.78, 5) is 4.01. The molecule has 1 unspecified atom stereocenters. The number of hydrogen-bond acceptors (Lipinski definition) is 7. The van der Waals surface area contributed by atoms with Crippen molar-refractivity contribution < 1.29 is 28.0 Å². The normalized spacial score (nSPS) is 13.3. The standard InChI is InChI=1S/C20H42NO6P/c1-6-11-23-16-20(15-22-9-4,17-24-12-7-2)18-25-13-10-14-26-28(5)27-19-21-8-3/h19H,6-18H2,1-5H3/b21-19+. The van der Waals surface area contributed by atoms with Crippen LogP contribution in [0.25, 0.3) is 0 Å². The van der Waals surface area contributed by atoms with Crippen LogP contribution in [0.15, 0.2) is 4.99 Å². The molecule has 0 aromatic heterocycles. The van der Waals surface area contributed by atoms with Gasteiger partial charge in [-0.2, -0.15) is 0 Å². The Bertz CT molecular complexity index is 350. The van der Waals surface area contributed by atoms with Crippen LogP contribution in [-0.2, 0) is 28.0 Å². The fourth-order valence-corrected chi connectivity index (χ4v) is 2.93. The number of hydrogen-bond donors (Lipinski definition) is 0. The van der Waals surface area contributed by atoms with Crippen molar-refractivity contribution in [3.8, 4) is 0 Å². The van der Waals surface area contributed by atoms with Crippen LogP contribution >= 0.6 is 8.38 Å². The first-order valence-electron chi connectivity index (χ1n) is 10.5. The van der Waals surface area contributed by atoms with Crippen LogP contribution in [0.1, 0.15) is 47.0 Å². The minimum absolute atomic E-state index is 0.279.